The second-order valence-electron chi connectivity index (χ2n) is 4.86. The van der Waals surface area contributed by atoms with Gasteiger partial charge in [0.2, 0.25) is 0 Å². The van der Waals surface area contributed by atoms with Gasteiger partial charge < -0.3 is 9.84 Å². The van der Waals surface area contributed by atoms with E-state index in [1.165, 1.54) is 0 Å². The molecule has 0 amide bonds. The number of hydrogen-bond donors (Lipinski definition) is 1. The summed E-state index contributed by atoms with van der Waals surface area (Å²) < 4.78 is 5.63. The third kappa shape index (κ3) is 1.40. The van der Waals surface area contributed by atoms with E-state index in [1.807, 2.05) is 13.8 Å². The van der Waals surface area contributed by atoms with E-state index in [4.69, 9.17) is 12.6 Å². The lowest BCUT2D eigenvalue weighted by atomic mass is 9.69. The number of aliphatic hydroxyl groups excluding tert-OH is 1. The van der Waals surface area contributed by atoms with Crippen molar-refractivity contribution in [1.82, 2.24) is 0 Å². The summed E-state index contributed by atoms with van der Waals surface area (Å²) in [6.07, 6.45) is 0.775. The molecular weight excluding hydrogens is 151 g/mol. The lowest BCUT2D eigenvalue weighted by Gasteiger charge is -2.35. The summed E-state index contributed by atoms with van der Waals surface area (Å²) in [5.41, 5.74) is -1.16. The lowest BCUT2D eigenvalue weighted by Crippen LogP contribution is -2.42. The summed E-state index contributed by atoms with van der Waals surface area (Å²) in [4.78, 5) is 0. The van der Waals surface area contributed by atoms with Crippen LogP contribution in [0.5, 0.6) is 0 Å². The van der Waals surface area contributed by atoms with E-state index in [9.17, 15) is 5.11 Å². The van der Waals surface area contributed by atoms with Crippen LogP contribution in [-0.2, 0) is 4.74 Å². The Balaban J connectivity index is 2.92. The van der Waals surface area contributed by atoms with Gasteiger partial charge in [0.25, 0.3) is 0 Å². The number of hydrogen-bond acceptors (Lipinski definition) is 2. The first-order chi connectivity index (χ1) is 5.22. The summed E-state index contributed by atoms with van der Waals surface area (Å²) in [6, 6.07) is 0. The molecule has 68 valence electrons. The molecule has 1 aliphatic heterocycles. The fourth-order valence-electron chi connectivity index (χ4n) is 2.00. The minimum absolute atomic E-state index is 0.0206. The Hall–Kier alpha value is -0.0151. The highest BCUT2D eigenvalue weighted by Crippen LogP contribution is 2.49. The van der Waals surface area contributed by atoms with E-state index < -0.39 is 11.1 Å². The molecule has 2 unspecified atom stereocenters. The Labute approximate surface area is 75.7 Å². The summed E-state index contributed by atoms with van der Waals surface area (Å²) in [7, 11) is 5.87. The van der Waals surface area contributed by atoms with Gasteiger partial charge in [-0.25, -0.2) is 0 Å². The normalized spacial score (nSPS) is 46.4. The van der Waals surface area contributed by atoms with E-state index >= 15 is 0 Å². The zero-order valence-electron chi connectivity index (χ0n) is 8.35. The number of rotatable bonds is 1. The van der Waals surface area contributed by atoms with Crippen molar-refractivity contribution in [2.45, 2.75) is 45.2 Å². The lowest BCUT2D eigenvalue weighted by molar-refractivity contribution is -0.105. The molecule has 2 nitrogen and oxygen atoms in total. The van der Waals surface area contributed by atoms with Crippen LogP contribution in [0.1, 0.15) is 34.1 Å². The van der Waals surface area contributed by atoms with Crippen molar-refractivity contribution in [3.63, 3.8) is 0 Å². The van der Waals surface area contributed by atoms with E-state index in [2.05, 4.69) is 13.8 Å². The Morgan fingerprint density at radius 1 is 1.33 bits per heavy atom. The topological polar surface area (TPSA) is 29.5 Å². The van der Waals surface area contributed by atoms with Gasteiger partial charge in [-0.2, -0.15) is 0 Å². The van der Waals surface area contributed by atoms with Crippen LogP contribution in [0, 0.1) is 5.41 Å². The van der Waals surface area contributed by atoms with E-state index in [-0.39, 0.29) is 12.0 Å². The maximum atomic E-state index is 9.21. The summed E-state index contributed by atoms with van der Waals surface area (Å²) in [5.74, 6) is 0. The van der Waals surface area contributed by atoms with Crippen LogP contribution in [0.3, 0.4) is 0 Å². The van der Waals surface area contributed by atoms with Gasteiger partial charge in [0, 0.05) is 5.50 Å². The molecule has 12 heavy (non-hydrogen) atoms. The van der Waals surface area contributed by atoms with Crippen LogP contribution in [-0.4, -0.2) is 30.7 Å². The van der Waals surface area contributed by atoms with Crippen molar-refractivity contribution in [2.75, 3.05) is 6.61 Å². The molecule has 2 atom stereocenters. The molecule has 0 saturated carbocycles. The molecule has 2 radical (unpaired) electrons. The third-order valence-electron chi connectivity index (χ3n) is 2.98. The van der Waals surface area contributed by atoms with Crippen LogP contribution >= 0.6 is 0 Å². The third-order valence-corrected chi connectivity index (χ3v) is 2.98. The Bertz CT molecular complexity index is 189. The van der Waals surface area contributed by atoms with Crippen LogP contribution in [0.2, 0.25) is 0 Å². The van der Waals surface area contributed by atoms with Crippen molar-refractivity contribution < 1.29 is 9.84 Å². The molecule has 1 heterocycles. The van der Waals surface area contributed by atoms with Gasteiger partial charge in [-0.15, -0.1) is 0 Å². The molecule has 3 heteroatoms. The van der Waals surface area contributed by atoms with Gasteiger partial charge in [-0.05, 0) is 25.7 Å². The minimum Gasteiger partial charge on any atom is -0.393 e. The minimum atomic E-state index is -0.596. The van der Waals surface area contributed by atoms with Crippen molar-refractivity contribution in [2.24, 2.45) is 5.41 Å². The predicted molar refractivity (Wildman–Crippen MR) is 49.1 cm³/mol. The molecule has 0 aliphatic carbocycles. The molecule has 1 saturated heterocycles. The molecular formula is C9H17BO2. The smallest absolute Gasteiger partial charge is 0.113 e. The highest BCUT2D eigenvalue weighted by Gasteiger charge is 2.53. The molecule has 1 rings (SSSR count). The maximum Gasteiger partial charge on any atom is 0.113 e. The molecule has 0 aromatic rings. The highest BCUT2D eigenvalue weighted by atomic mass is 16.5. The molecule has 0 bridgehead atoms. The van der Waals surface area contributed by atoms with Crippen molar-refractivity contribution >= 4 is 7.85 Å². The fraction of sp³-hybridized carbons (Fsp3) is 1.00. The summed E-state index contributed by atoms with van der Waals surface area (Å²) in [5, 5.41) is 9.21. The quantitative estimate of drug-likeness (QED) is 0.593. The maximum absolute atomic E-state index is 9.21. The predicted octanol–water partition coefficient (Wildman–Crippen LogP) is 1.07. The van der Waals surface area contributed by atoms with E-state index in [0.29, 0.717) is 0 Å². The fourth-order valence-corrected chi connectivity index (χ4v) is 2.00. The summed E-state index contributed by atoms with van der Waals surface area (Å²) >= 11 is 0. The zero-order valence-corrected chi connectivity index (χ0v) is 8.35. The van der Waals surface area contributed by atoms with Gasteiger partial charge in [0.1, 0.15) is 7.85 Å². The molecule has 1 fully saturated rings. The first-order valence-electron chi connectivity index (χ1n) is 4.32. The second kappa shape index (κ2) is 2.49. The second-order valence-corrected chi connectivity index (χ2v) is 4.86. The average molecular weight is 168 g/mol. The van der Waals surface area contributed by atoms with Gasteiger partial charge >= 0.3 is 0 Å². The molecule has 0 spiro atoms. The molecule has 1 aliphatic rings. The van der Waals surface area contributed by atoms with Crippen molar-refractivity contribution in [3.05, 3.63) is 0 Å². The van der Waals surface area contributed by atoms with Crippen LogP contribution in [0.15, 0.2) is 0 Å². The first kappa shape index (κ1) is 10.1. The number of aliphatic hydroxyl groups is 1. The van der Waals surface area contributed by atoms with Crippen molar-refractivity contribution in [3.8, 4) is 0 Å². The van der Waals surface area contributed by atoms with Gasteiger partial charge in [-0.1, -0.05) is 13.8 Å². The monoisotopic (exact) mass is 168 g/mol. The largest absolute Gasteiger partial charge is 0.393 e. The zero-order chi connectivity index (χ0) is 9.62. The Morgan fingerprint density at radius 2 is 1.83 bits per heavy atom. The van der Waals surface area contributed by atoms with Crippen LogP contribution in [0.25, 0.3) is 0 Å². The molecule has 0 aromatic heterocycles. The number of ether oxygens (including phenoxy) is 1. The Morgan fingerprint density at radius 3 is 2.00 bits per heavy atom. The Kier molecular flexibility index (Phi) is 2.09. The van der Waals surface area contributed by atoms with Crippen LogP contribution < -0.4 is 0 Å². The average Bonchev–Trinajstić information content (AvgIpc) is 1.98. The van der Waals surface area contributed by atoms with E-state index in [0.717, 1.165) is 6.42 Å². The van der Waals surface area contributed by atoms with Gasteiger partial charge in [0.05, 0.1) is 12.2 Å². The molecule has 1 N–H and O–H groups in total. The van der Waals surface area contributed by atoms with Gasteiger partial charge in [0.15, 0.2) is 0 Å². The molecule has 0 aromatic carbocycles. The SMILES string of the molecule is [B]C1(C)CC(C)(C)C(C)(CO)O1. The van der Waals surface area contributed by atoms with Crippen molar-refractivity contribution in [1.29, 1.82) is 0 Å². The highest BCUT2D eigenvalue weighted by molar-refractivity contribution is 6.14. The van der Waals surface area contributed by atoms with Gasteiger partial charge in [-0.3, -0.25) is 0 Å². The van der Waals surface area contributed by atoms with E-state index in [1.54, 1.807) is 0 Å². The first-order valence-corrected chi connectivity index (χ1v) is 4.32. The summed E-state index contributed by atoms with van der Waals surface area (Å²) in [6.45, 7) is 7.93. The standard InChI is InChI=1S/C9H17BO2/c1-7(2)5-9(4,10)12-8(7,3)6-11/h11H,5-6H2,1-4H3. The van der Waals surface area contributed by atoms with Crippen LogP contribution in [0.4, 0.5) is 0 Å².